The number of benzene rings is 1. The summed E-state index contributed by atoms with van der Waals surface area (Å²) in [5.41, 5.74) is 1.96. The van der Waals surface area contributed by atoms with Gasteiger partial charge in [-0.05, 0) is 23.6 Å². The highest BCUT2D eigenvalue weighted by atomic mass is 32.1. The lowest BCUT2D eigenvalue weighted by Crippen LogP contribution is -2.18. The molecular weight excluding hydrogens is 353 g/mol. The molecule has 0 bridgehead atoms. The fourth-order valence-corrected chi connectivity index (χ4v) is 2.77. The lowest BCUT2D eigenvalue weighted by atomic mass is 10.1. The summed E-state index contributed by atoms with van der Waals surface area (Å²) >= 11 is 1.48. The molecule has 128 valence electrons. The van der Waals surface area contributed by atoms with Crippen molar-refractivity contribution in [3.63, 3.8) is 0 Å². The van der Waals surface area contributed by atoms with Crippen molar-refractivity contribution < 1.29 is 18.0 Å². The van der Waals surface area contributed by atoms with Gasteiger partial charge < -0.3 is 0 Å². The average molecular weight is 364 g/mol. The molecule has 0 fully saturated rings. The van der Waals surface area contributed by atoms with Gasteiger partial charge in [-0.1, -0.05) is 24.3 Å². The second-order valence-corrected chi connectivity index (χ2v) is 5.88. The van der Waals surface area contributed by atoms with Crippen molar-refractivity contribution in [2.75, 3.05) is 0 Å². The fourth-order valence-electron chi connectivity index (χ4n) is 2.08. The number of nitrogens with zero attached hydrogens (tertiary/aromatic N) is 2. The number of H-pyrrole nitrogens is 1. The number of rotatable bonds is 4. The number of amides is 1. The standard InChI is InChI=1S/C16H11F3N4OS/c17-16(18,19)11-5-2-1-4-10(11)9-20-23-15(24)13-8-12(21-22-13)14-6-3-7-25-14/h1-9H,(H,21,22)(H,23,24). The minimum atomic E-state index is -4.50. The van der Waals surface area contributed by atoms with Crippen LogP contribution >= 0.6 is 11.3 Å². The summed E-state index contributed by atoms with van der Waals surface area (Å²) in [5, 5.41) is 12.1. The smallest absolute Gasteiger partial charge is 0.276 e. The van der Waals surface area contributed by atoms with Crippen LogP contribution in [0.5, 0.6) is 0 Å². The van der Waals surface area contributed by atoms with Gasteiger partial charge in [-0.25, -0.2) is 5.43 Å². The van der Waals surface area contributed by atoms with E-state index in [-0.39, 0.29) is 11.3 Å². The van der Waals surface area contributed by atoms with Gasteiger partial charge in [-0.15, -0.1) is 11.3 Å². The average Bonchev–Trinajstić information content (AvgIpc) is 3.25. The van der Waals surface area contributed by atoms with Crippen LogP contribution in [0.4, 0.5) is 13.2 Å². The van der Waals surface area contributed by atoms with Gasteiger partial charge in [-0.2, -0.15) is 23.4 Å². The number of thiophene rings is 1. The van der Waals surface area contributed by atoms with E-state index in [4.69, 9.17) is 0 Å². The lowest BCUT2D eigenvalue weighted by Gasteiger charge is -2.09. The van der Waals surface area contributed by atoms with Crippen molar-refractivity contribution in [2.45, 2.75) is 6.18 Å². The molecule has 25 heavy (non-hydrogen) atoms. The van der Waals surface area contributed by atoms with E-state index in [0.29, 0.717) is 5.69 Å². The maximum atomic E-state index is 12.9. The van der Waals surface area contributed by atoms with Gasteiger partial charge in [0.25, 0.3) is 5.91 Å². The van der Waals surface area contributed by atoms with Crippen LogP contribution in [0.25, 0.3) is 10.6 Å². The molecule has 2 aromatic heterocycles. The number of aromatic amines is 1. The van der Waals surface area contributed by atoms with Crippen LogP contribution in [0.1, 0.15) is 21.6 Å². The van der Waals surface area contributed by atoms with E-state index < -0.39 is 17.6 Å². The van der Waals surface area contributed by atoms with Crippen molar-refractivity contribution in [2.24, 2.45) is 5.10 Å². The highest BCUT2D eigenvalue weighted by Crippen LogP contribution is 2.31. The zero-order valence-corrected chi connectivity index (χ0v) is 13.4. The number of hydrogen-bond donors (Lipinski definition) is 2. The van der Waals surface area contributed by atoms with E-state index in [1.54, 1.807) is 6.07 Å². The molecule has 0 aliphatic carbocycles. The van der Waals surface area contributed by atoms with E-state index in [2.05, 4.69) is 20.7 Å². The number of carbonyl (C=O) groups excluding carboxylic acids is 1. The van der Waals surface area contributed by atoms with Crippen LogP contribution in [-0.4, -0.2) is 22.3 Å². The Bertz CT molecular complexity index is 900. The first-order chi connectivity index (χ1) is 11.9. The quantitative estimate of drug-likeness (QED) is 0.544. The first-order valence-electron chi connectivity index (χ1n) is 7.04. The fraction of sp³-hybridized carbons (Fsp3) is 0.0625. The van der Waals surface area contributed by atoms with E-state index in [1.807, 2.05) is 17.5 Å². The van der Waals surface area contributed by atoms with Crippen molar-refractivity contribution in [1.82, 2.24) is 15.6 Å². The van der Waals surface area contributed by atoms with Crippen molar-refractivity contribution >= 4 is 23.5 Å². The molecule has 0 aliphatic rings. The van der Waals surface area contributed by atoms with Crippen LogP contribution in [0.2, 0.25) is 0 Å². The molecule has 3 aromatic rings. The number of hydrogen-bond acceptors (Lipinski definition) is 4. The predicted molar refractivity (Wildman–Crippen MR) is 88.4 cm³/mol. The van der Waals surface area contributed by atoms with Gasteiger partial charge in [-0.3, -0.25) is 9.89 Å². The molecule has 0 saturated heterocycles. The maximum absolute atomic E-state index is 12.9. The molecule has 1 aromatic carbocycles. The molecule has 0 saturated carbocycles. The Morgan fingerprint density at radius 2 is 2.04 bits per heavy atom. The van der Waals surface area contributed by atoms with Crippen molar-refractivity contribution in [3.8, 4) is 10.6 Å². The number of aromatic nitrogens is 2. The van der Waals surface area contributed by atoms with Crippen molar-refractivity contribution in [3.05, 3.63) is 64.7 Å². The zero-order valence-electron chi connectivity index (χ0n) is 12.5. The molecule has 2 N–H and O–H groups in total. The molecule has 0 unspecified atom stereocenters. The summed E-state index contributed by atoms with van der Waals surface area (Å²) in [6.45, 7) is 0. The predicted octanol–water partition coefficient (Wildman–Crippen LogP) is 3.92. The van der Waals surface area contributed by atoms with Gasteiger partial charge in [0.1, 0.15) is 0 Å². The SMILES string of the molecule is O=C(NN=Cc1ccccc1C(F)(F)F)c1cc(-c2cccs2)[nH]n1. The summed E-state index contributed by atoms with van der Waals surface area (Å²) in [4.78, 5) is 12.9. The van der Waals surface area contributed by atoms with E-state index in [1.165, 1.54) is 29.5 Å². The van der Waals surface area contributed by atoms with Crippen LogP contribution in [0.15, 0.2) is 52.9 Å². The first kappa shape index (κ1) is 16.9. The van der Waals surface area contributed by atoms with Gasteiger partial charge in [0.2, 0.25) is 0 Å². The molecule has 0 atom stereocenters. The third-order valence-electron chi connectivity index (χ3n) is 3.23. The van der Waals surface area contributed by atoms with Gasteiger partial charge in [0, 0.05) is 5.56 Å². The summed E-state index contributed by atoms with van der Waals surface area (Å²) in [5.74, 6) is -0.625. The highest BCUT2D eigenvalue weighted by molar-refractivity contribution is 7.13. The molecule has 0 radical (unpaired) electrons. The summed E-state index contributed by atoms with van der Waals surface area (Å²) in [6, 6.07) is 10.2. The Balaban J connectivity index is 1.70. The van der Waals surface area contributed by atoms with Crippen LogP contribution in [0.3, 0.4) is 0 Å². The Kier molecular flexibility index (Phi) is 4.66. The number of nitrogens with one attached hydrogen (secondary N) is 2. The second kappa shape index (κ2) is 6.89. The van der Waals surface area contributed by atoms with Crippen LogP contribution in [0, 0.1) is 0 Å². The van der Waals surface area contributed by atoms with Gasteiger partial charge >= 0.3 is 6.18 Å². The molecule has 2 heterocycles. The maximum Gasteiger partial charge on any atom is 0.417 e. The Labute approximate surface area is 144 Å². The van der Waals surface area contributed by atoms with E-state index >= 15 is 0 Å². The topological polar surface area (TPSA) is 70.1 Å². The third-order valence-corrected chi connectivity index (χ3v) is 4.14. The Hall–Kier alpha value is -2.94. The van der Waals surface area contributed by atoms with Crippen LogP contribution < -0.4 is 5.43 Å². The number of alkyl halides is 3. The Morgan fingerprint density at radius 3 is 2.76 bits per heavy atom. The number of halogens is 3. The normalized spacial score (nSPS) is 11.8. The number of hydrazone groups is 1. The van der Waals surface area contributed by atoms with E-state index in [9.17, 15) is 18.0 Å². The van der Waals surface area contributed by atoms with Gasteiger partial charge in [0.05, 0.1) is 22.3 Å². The molecule has 1 amide bonds. The van der Waals surface area contributed by atoms with Crippen LogP contribution in [-0.2, 0) is 6.18 Å². The largest absolute Gasteiger partial charge is 0.417 e. The minimum Gasteiger partial charge on any atom is -0.276 e. The zero-order chi connectivity index (χ0) is 17.9. The molecule has 9 heteroatoms. The molecular formula is C16H11F3N4OS. The van der Waals surface area contributed by atoms with E-state index in [0.717, 1.165) is 17.2 Å². The number of carbonyl (C=O) groups is 1. The molecule has 0 aliphatic heterocycles. The molecule has 3 rings (SSSR count). The van der Waals surface area contributed by atoms with Crippen molar-refractivity contribution in [1.29, 1.82) is 0 Å². The summed E-state index contributed by atoms with van der Waals surface area (Å²) in [7, 11) is 0. The minimum absolute atomic E-state index is 0.0876. The monoisotopic (exact) mass is 364 g/mol. The third kappa shape index (κ3) is 3.94. The van der Waals surface area contributed by atoms with Gasteiger partial charge in [0.15, 0.2) is 5.69 Å². The molecule has 0 spiro atoms. The first-order valence-corrected chi connectivity index (χ1v) is 7.92. The Morgan fingerprint density at radius 1 is 1.24 bits per heavy atom. The molecule has 5 nitrogen and oxygen atoms in total. The summed E-state index contributed by atoms with van der Waals surface area (Å²) in [6.07, 6.45) is -3.54. The second-order valence-electron chi connectivity index (χ2n) is 4.93. The highest BCUT2D eigenvalue weighted by Gasteiger charge is 2.32. The lowest BCUT2D eigenvalue weighted by molar-refractivity contribution is -0.137. The summed E-state index contributed by atoms with van der Waals surface area (Å²) < 4.78 is 38.6.